The average Bonchev–Trinajstić information content (AvgIpc) is 2.80. The van der Waals surface area contributed by atoms with E-state index in [1.807, 2.05) is 0 Å². The highest BCUT2D eigenvalue weighted by molar-refractivity contribution is 6.05. The summed E-state index contributed by atoms with van der Waals surface area (Å²) >= 11 is 0. The monoisotopic (exact) mass is 343 g/mol. The molecule has 2 rings (SSSR count). The van der Waals surface area contributed by atoms with Gasteiger partial charge in [0.2, 0.25) is 0 Å². The molecular formula is C19H21NO5. The van der Waals surface area contributed by atoms with E-state index in [-0.39, 0.29) is 5.78 Å². The summed E-state index contributed by atoms with van der Waals surface area (Å²) in [7, 11) is 0. The number of anilines is 1. The zero-order valence-electron chi connectivity index (χ0n) is 14.9. The van der Waals surface area contributed by atoms with Crippen LogP contribution in [-0.2, 0) is 9.53 Å². The van der Waals surface area contributed by atoms with Crippen LogP contribution in [0.1, 0.15) is 51.6 Å². The summed E-state index contributed by atoms with van der Waals surface area (Å²) < 4.78 is 10.7. The Labute approximate surface area is 146 Å². The second kappa shape index (κ2) is 7.34. The normalized spacial score (nSPS) is 11.7. The summed E-state index contributed by atoms with van der Waals surface area (Å²) in [5.74, 6) is -0.209. The van der Waals surface area contributed by atoms with Gasteiger partial charge in [0.15, 0.2) is 11.9 Å². The number of ether oxygens (including phenoxy) is 1. The van der Waals surface area contributed by atoms with Gasteiger partial charge in [-0.3, -0.25) is 9.59 Å². The Morgan fingerprint density at radius 1 is 1.08 bits per heavy atom. The van der Waals surface area contributed by atoms with Gasteiger partial charge in [-0.15, -0.1) is 0 Å². The first-order valence-electron chi connectivity index (χ1n) is 7.90. The quantitative estimate of drug-likeness (QED) is 0.662. The molecule has 1 heterocycles. The number of Topliss-reactive ketones (excluding diaryl/α,β-unsaturated/α-hetero) is 1. The predicted molar refractivity (Wildman–Crippen MR) is 92.9 cm³/mol. The molecule has 1 N–H and O–H groups in total. The van der Waals surface area contributed by atoms with Gasteiger partial charge in [0.1, 0.15) is 17.1 Å². The average molecular weight is 343 g/mol. The molecule has 0 fully saturated rings. The lowest BCUT2D eigenvalue weighted by molar-refractivity contribution is -0.123. The lowest BCUT2D eigenvalue weighted by Gasteiger charge is -2.15. The summed E-state index contributed by atoms with van der Waals surface area (Å²) in [5.41, 5.74) is 1.80. The van der Waals surface area contributed by atoms with Crippen molar-refractivity contribution in [1.82, 2.24) is 0 Å². The molecule has 0 radical (unpaired) electrons. The van der Waals surface area contributed by atoms with Crippen LogP contribution in [0.2, 0.25) is 0 Å². The number of benzene rings is 1. The van der Waals surface area contributed by atoms with E-state index < -0.39 is 18.0 Å². The van der Waals surface area contributed by atoms with Crippen molar-refractivity contribution >= 4 is 23.3 Å². The van der Waals surface area contributed by atoms with Crippen molar-refractivity contribution in [2.24, 2.45) is 0 Å². The van der Waals surface area contributed by atoms with Gasteiger partial charge in [0, 0.05) is 11.1 Å². The van der Waals surface area contributed by atoms with Gasteiger partial charge in [-0.25, -0.2) is 4.79 Å². The number of furan rings is 1. The number of aryl methyl sites for hydroxylation is 2. The molecular weight excluding hydrogens is 322 g/mol. The van der Waals surface area contributed by atoms with Gasteiger partial charge in [-0.05, 0) is 46.8 Å². The first kappa shape index (κ1) is 18.4. The van der Waals surface area contributed by atoms with Gasteiger partial charge < -0.3 is 14.5 Å². The molecule has 0 spiro atoms. The molecule has 1 aromatic heterocycles. The zero-order valence-corrected chi connectivity index (χ0v) is 14.9. The maximum absolute atomic E-state index is 12.3. The molecule has 0 saturated heterocycles. The van der Waals surface area contributed by atoms with Crippen molar-refractivity contribution in [3.05, 3.63) is 52.5 Å². The topological polar surface area (TPSA) is 85.6 Å². The second-order valence-electron chi connectivity index (χ2n) is 5.85. The fraction of sp³-hybridized carbons (Fsp3) is 0.316. The molecule has 25 heavy (non-hydrogen) atoms. The van der Waals surface area contributed by atoms with Gasteiger partial charge in [-0.1, -0.05) is 12.1 Å². The van der Waals surface area contributed by atoms with Crippen LogP contribution in [0.25, 0.3) is 0 Å². The minimum atomic E-state index is -1.03. The standard InChI is InChI=1S/C19H21NO5/c1-10-12(3)24-13(4)17(10)19(23)25-14(5)18(22)20-16-9-7-6-8-15(16)11(2)21/h6-9,14H,1-5H3,(H,20,22)/t14-/m0/s1. The van der Waals surface area contributed by atoms with Crippen molar-refractivity contribution in [1.29, 1.82) is 0 Å². The Hall–Kier alpha value is -2.89. The molecule has 1 aromatic carbocycles. The number of hydrogen-bond donors (Lipinski definition) is 1. The number of carbonyl (C=O) groups is 3. The number of nitrogens with one attached hydrogen (secondary N) is 1. The Kier molecular flexibility index (Phi) is 5.41. The summed E-state index contributed by atoms with van der Waals surface area (Å²) in [6, 6.07) is 6.66. The molecule has 2 aromatic rings. The Morgan fingerprint density at radius 3 is 2.28 bits per heavy atom. The van der Waals surface area contributed by atoms with E-state index in [4.69, 9.17) is 9.15 Å². The van der Waals surface area contributed by atoms with E-state index in [1.165, 1.54) is 13.8 Å². The van der Waals surface area contributed by atoms with E-state index >= 15 is 0 Å². The highest BCUT2D eigenvalue weighted by Crippen LogP contribution is 2.22. The number of amides is 1. The maximum atomic E-state index is 12.3. The highest BCUT2D eigenvalue weighted by Gasteiger charge is 2.25. The van der Waals surface area contributed by atoms with Crippen molar-refractivity contribution in [2.75, 3.05) is 5.32 Å². The summed E-state index contributed by atoms with van der Waals surface area (Å²) in [4.78, 5) is 36.2. The molecule has 0 bridgehead atoms. The zero-order chi connectivity index (χ0) is 18.7. The van der Waals surface area contributed by atoms with Crippen LogP contribution >= 0.6 is 0 Å². The van der Waals surface area contributed by atoms with E-state index in [0.717, 1.165) is 0 Å². The van der Waals surface area contributed by atoms with Gasteiger partial charge >= 0.3 is 5.97 Å². The first-order chi connectivity index (χ1) is 11.7. The van der Waals surface area contributed by atoms with Crippen molar-refractivity contribution in [3.63, 3.8) is 0 Å². The second-order valence-corrected chi connectivity index (χ2v) is 5.85. The maximum Gasteiger partial charge on any atom is 0.342 e. The molecule has 1 amide bonds. The molecule has 0 aliphatic carbocycles. The van der Waals surface area contributed by atoms with E-state index in [2.05, 4.69) is 5.32 Å². The lowest BCUT2D eigenvalue weighted by Crippen LogP contribution is -2.30. The molecule has 6 nitrogen and oxygen atoms in total. The molecule has 1 atom stereocenters. The predicted octanol–water partition coefficient (Wildman–Crippen LogP) is 3.59. The summed E-state index contributed by atoms with van der Waals surface area (Å²) in [5, 5.41) is 2.62. The van der Waals surface area contributed by atoms with E-state index in [1.54, 1.807) is 45.0 Å². The Morgan fingerprint density at radius 2 is 1.72 bits per heavy atom. The third kappa shape index (κ3) is 3.96. The van der Waals surface area contributed by atoms with Crippen molar-refractivity contribution < 1.29 is 23.5 Å². The highest BCUT2D eigenvalue weighted by atomic mass is 16.5. The van der Waals surface area contributed by atoms with Crippen LogP contribution in [0.15, 0.2) is 28.7 Å². The van der Waals surface area contributed by atoms with Gasteiger partial charge in [0.25, 0.3) is 5.91 Å². The van der Waals surface area contributed by atoms with Crippen LogP contribution < -0.4 is 5.32 Å². The molecule has 6 heteroatoms. The number of hydrogen-bond acceptors (Lipinski definition) is 5. The molecule has 0 aliphatic heterocycles. The fourth-order valence-corrected chi connectivity index (χ4v) is 2.50. The Balaban J connectivity index is 2.11. The van der Waals surface area contributed by atoms with Crippen LogP contribution in [0.4, 0.5) is 5.69 Å². The van der Waals surface area contributed by atoms with E-state index in [9.17, 15) is 14.4 Å². The number of esters is 1. The van der Waals surface area contributed by atoms with Crippen LogP contribution in [-0.4, -0.2) is 23.8 Å². The first-order valence-corrected chi connectivity index (χ1v) is 7.90. The van der Waals surface area contributed by atoms with Gasteiger partial charge in [-0.2, -0.15) is 0 Å². The number of para-hydroxylation sites is 1. The third-order valence-electron chi connectivity index (χ3n) is 3.98. The largest absolute Gasteiger partial charge is 0.465 e. The third-order valence-corrected chi connectivity index (χ3v) is 3.98. The summed E-state index contributed by atoms with van der Waals surface area (Å²) in [6.45, 7) is 8.08. The molecule has 0 aliphatic rings. The van der Waals surface area contributed by atoms with Crippen LogP contribution in [0.3, 0.4) is 0 Å². The smallest absolute Gasteiger partial charge is 0.342 e. The summed E-state index contributed by atoms with van der Waals surface area (Å²) in [6.07, 6.45) is -1.03. The lowest BCUT2D eigenvalue weighted by atomic mass is 10.1. The van der Waals surface area contributed by atoms with Crippen LogP contribution in [0, 0.1) is 20.8 Å². The number of carbonyl (C=O) groups excluding carboxylic acids is 3. The number of ketones is 1. The minimum absolute atomic E-state index is 0.166. The molecule has 0 saturated carbocycles. The fourth-order valence-electron chi connectivity index (χ4n) is 2.50. The minimum Gasteiger partial charge on any atom is -0.465 e. The van der Waals surface area contributed by atoms with E-state index in [0.29, 0.717) is 33.9 Å². The van der Waals surface area contributed by atoms with Crippen LogP contribution in [0.5, 0.6) is 0 Å². The molecule has 132 valence electrons. The SMILES string of the molecule is CC(=O)c1ccccc1NC(=O)[C@H](C)OC(=O)c1c(C)oc(C)c1C. The van der Waals surface area contributed by atoms with Crippen molar-refractivity contribution in [2.45, 2.75) is 40.7 Å². The number of rotatable bonds is 5. The Bertz CT molecular complexity index is 834. The van der Waals surface area contributed by atoms with Gasteiger partial charge in [0.05, 0.1) is 5.69 Å². The molecule has 0 unspecified atom stereocenters. The van der Waals surface area contributed by atoms with Crippen molar-refractivity contribution in [3.8, 4) is 0 Å².